The van der Waals surface area contributed by atoms with Crippen LogP contribution in [0.5, 0.6) is 0 Å². The first-order chi connectivity index (χ1) is 9.61. The first-order valence-corrected chi connectivity index (χ1v) is 6.08. The lowest BCUT2D eigenvalue weighted by Gasteiger charge is -2.14. The van der Waals surface area contributed by atoms with Crippen molar-refractivity contribution in [3.8, 4) is 0 Å². The third-order valence-electron chi connectivity index (χ3n) is 2.91. The van der Waals surface area contributed by atoms with E-state index in [-0.39, 0.29) is 6.61 Å². The van der Waals surface area contributed by atoms with E-state index in [1.54, 1.807) is 24.3 Å². The van der Waals surface area contributed by atoms with E-state index < -0.39 is 36.9 Å². The predicted molar refractivity (Wildman–Crippen MR) is 66.5 cm³/mol. The number of carbonyl (C=O) groups is 2. The molecule has 1 saturated heterocycles. The van der Waals surface area contributed by atoms with Gasteiger partial charge in [0.25, 0.3) is 0 Å². The fourth-order valence-corrected chi connectivity index (χ4v) is 1.83. The Hall–Kier alpha value is -2.12. The van der Waals surface area contributed by atoms with Gasteiger partial charge in [-0.05, 0) is 5.56 Å². The average molecular weight is 281 g/mol. The second-order valence-corrected chi connectivity index (χ2v) is 4.33. The SMILES string of the molecule is O=C(N[C@@H]1C(=O)O[C@H](CO)[C@H]1O)OCc1ccccc1. The number of amides is 1. The second kappa shape index (κ2) is 6.36. The Labute approximate surface area is 115 Å². The molecule has 20 heavy (non-hydrogen) atoms. The number of alkyl carbamates (subject to hydrolysis) is 1. The fraction of sp³-hybridized carbons (Fsp3) is 0.385. The van der Waals surface area contributed by atoms with Gasteiger partial charge in [-0.1, -0.05) is 30.3 Å². The highest BCUT2D eigenvalue weighted by Gasteiger charge is 2.44. The van der Waals surface area contributed by atoms with Crippen LogP contribution in [0.3, 0.4) is 0 Å². The maximum absolute atomic E-state index is 11.5. The molecule has 7 heteroatoms. The molecule has 0 unspecified atom stereocenters. The van der Waals surface area contributed by atoms with E-state index in [0.29, 0.717) is 0 Å². The maximum atomic E-state index is 11.5. The van der Waals surface area contributed by atoms with Gasteiger partial charge in [0.15, 0.2) is 12.1 Å². The molecule has 0 radical (unpaired) electrons. The van der Waals surface area contributed by atoms with Crippen LogP contribution in [-0.2, 0) is 20.9 Å². The van der Waals surface area contributed by atoms with E-state index in [9.17, 15) is 14.7 Å². The number of cyclic esters (lactones) is 1. The third-order valence-corrected chi connectivity index (χ3v) is 2.91. The molecule has 0 aliphatic carbocycles. The van der Waals surface area contributed by atoms with Crippen molar-refractivity contribution in [3.05, 3.63) is 35.9 Å². The Balaban J connectivity index is 1.84. The second-order valence-electron chi connectivity index (χ2n) is 4.33. The molecule has 1 aromatic rings. The molecule has 1 aromatic carbocycles. The van der Waals surface area contributed by atoms with Crippen molar-refractivity contribution in [2.45, 2.75) is 24.9 Å². The Morgan fingerprint density at radius 1 is 1.35 bits per heavy atom. The number of hydrogen-bond acceptors (Lipinski definition) is 6. The molecule has 1 aliphatic heterocycles. The molecule has 0 spiro atoms. The highest BCUT2D eigenvalue weighted by Crippen LogP contribution is 2.15. The Morgan fingerprint density at radius 3 is 2.65 bits per heavy atom. The number of benzene rings is 1. The molecular weight excluding hydrogens is 266 g/mol. The number of hydrogen-bond donors (Lipinski definition) is 3. The first-order valence-electron chi connectivity index (χ1n) is 6.08. The van der Waals surface area contributed by atoms with Gasteiger partial charge in [0, 0.05) is 0 Å². The van der Waals surface area contributed by atoms with Gasteiger partial charge in [-0.2, -0.15) is 0 Å². The Kier molecular flexibility index (Phi) is 4.54. The van der Waals surface area contributed by atoms with E-state index in [1.807, 2.05) is 6.07 Å². The monoisotopic (exact) mass is 281 g/mol. The highest BCUT2D eigenvalue weighted by atomic mass is 16.6. The number of carbonyl (C=O) groups excluding carboxylic acids is 2. The van der Waals surface area contributed by atoms with Gasteiger partial charge in [-0.3, -0.25) is 0 Å². The summed E-state index contributed by atoms with van der Waals surface area (Å²) in [6, 6.07) is 7.79. The molecule has 1 fully saturated rings. The van der Waals surface area contributed by atoms with Crippen molar-refractivity contribution in [3.63, 3.8) is 0 Å². The lowest BCUT2D eigenvalue weighted by Crippen LogP contribution is -2.46. The number of ether oxygens (including phenoxy) is 2. The maximum Gasteiger partial charge on any atom is 0.408 e. The smallest absolute Gasteiger partial charge is 0.408 e. The van der Waals surface area contributed by atoms with Gasteiger partial charge in [-0.15, -0.1) is 0 Å². The fourth-order valence-electron chi connectivity index (χ4n) is 1.83. The largest absolute Gasteiger partial charge is 0.455 e. The van der Waals surface area contributed by atoms with E-state index >= 15 is 0 Å². The van der Waals surface area contributed by atoms with Gasteiger partial charge >= 0.3 is 12.1 Å². The minimum absolute atomic E-state index is 0.0496. The lowest BCUT2D eigenvalue weighted by atomic mass is 10.1. The normalized spacial score (nSPS) is 25.1. The molecule has 1 amide bonds. The quantitative estimate of drug-likeness (QED) is 0.646. The van der Waals surface area contributed by atoms with Crippen LogP contribution >= 0.6 is 0 Å². The molecule has 3 atom stereocenters. The summed E-state index contributed by atoms with van der Waals surface area (Å²) in [5.74, 6) is -0.798. The Morgan fingerprint density at radius 2 is 2.05 bits per heavy atom. The molecule has 0 aromatic heterocycles. The van der Waals surface area contributed by atoms with Crippen molar-refractivity contribution < 1.29 is 29.3 Å². The number of aliphatic hydroxyl groups is 2. The van der Waals surface area contributed by atoms with Crippen molar-refractivity contribution in [1.82, 2.24) is 5.32 Å². The van der Waals surface area contributed by atoms with Crippen LogP contribution < -0.4 is 5.32 Å². The van der Waals surface area contributed by atoms with Crippen LogP contribution in [0.4, 0.5) is 4.79 Å². The van der Waals surface area contributed by atoms with Gasteiger partial charge in [-0.25, -0.2) is 9.59 Å². The topological polar surface area (TPSA) is 105 Å². The zero-order valence-electron chi connectivity index (χ0n) is 10.6. The molecule has 1 heterocycles. The molecule has 7 nitrogen and oxygen atoms in total. The summed E-state index contributed by atoms with van der Waals surface area (Å²) in [6.45, 7) is -0.460. The molecule has 1 aliphatic rings. The van der Waals surface area contributed by atoms with Crippen LogP contribution in [0.1, 0.15) is 5.56 Å². The van der Waals surface area contributed by atoms with E-state index in [2.05, 4.69) is 10.1 Å². The zero-order chi connectivity index (χ0) is 14.5. The number of rotatable bonds is 4. The number of esters is 1. The summed E-state index contributed by atoms with van der Waals surface area (Å²) < 4.78 is 9.61. The number of aliphatic hydroxyl groups excluding tert-OH is 2. The summed E-state index contributed by atoms with van der Waals surface area (Å²) in [4.78, 5) is 22.9. The minimum Gasteiger partial charge on any atom is -0.455 e. The summed E-state index contributed by atoms with van der Waals surface area (Å²) in [6.07, 6.45) is -3.16. The number of nitrogens with one attached hydrogen (secondary N) is 1. The Bertz CT molecular complexity index is 477. The highest BCUT2D eigenvalue weighted by molar-refractivity contribution is 5.84. The van der Waals surface area contributed by atoms with Gasteiger partial charge in [0.1, 0.15) is 12.7 Å². The van der Waals surface area contributed by atoms with E-state index in [4.69, 9.17) is 9.84 Å². The molecule has 108 valence electrons. The first kappa shape index (κ1) is 14.3. The van der Waals surface area contributed by atoms with Gasteiger partial charge in [0.05, 0.1) is 6.61 Å². The summed E-state index contributed by atoms with van der Waals surface area (Å²) >= 11 is 0. The van der Waals surface area contributed by atoms with Crippen molar-refractivity contribution in [2.75, 3.05) is 6.61 Å². The van der Waals surface area contributed by atoms with Crippen molar-refractivity contribution in [2.24, 2.45) is 0 Å². The standard InChI is InChI=1S/C13H15NO6/c15-6-9-11(16)10(12(17)20-9)14-13(18)19-7-8-4-2-1-3-5-8/h1-5,9-11,15-16H,6-7H2,(H,14,18)/t9-,10+,11-/m1/s1. The van der Waals surface area contributed by atoms with Gasteiger partial charge in [0.2, 0.25) is 0 Å². The molecule has 0 bridgehead atoms. The average Bonchev–Trinajstić information content (AvgIpc) is 2.73. The van der Waals surface area contributed by atoms with E-state index in [0.717, 1.165) is 5.56 Å². The minimum atomic E-state index is -1.29. The summed E-state index contributed by atoms with van der Waals surface area (Å²) in [7, 11) is 0. The molecule has 3 N–H and O–H groups in total. The summed E-state index contributed by atoms with van der Waals surface area (Å²) in [5, 5.41) is 20.8. The van der Waals surface area contributed by atoms with Crippen molar-refractivity contribution in [1.29, 1.82) is 0 Å². The lowest BCUT2D eigenvalue weighted by molar-refractivity contribution is -0.144. The van der Waals surface area contributed by atoms with Gasteiger partial charge < -0.3 is 25.0 Å². The molecule has 2 rings (SSSR count). The molecule has 0 saturated carbocycles. The van der Waals surface area contributed by atoms with Crippen LogP contribution in [0.2, 0.25) is 0 Å². The summed E-state index contributed by atoms with van der Waals surface area (Å²) in [5.41, 5.74) is 0.797. The van der Waals surface area contributed by atoms with E-state index in [1.165, 1.54) is 0 Å². The van der Waals surface area contributed by atoms with Crippen molar-refractivity contribution >= 4 is 12.1 Å². The third kappa shape index (κ3) is 3.25. The molecular formula is C13H15NO6. The predicted octanol–water partition coefficient (Wildman–Crippen LogP) is -0.440. The van der Waals surface area contributed by atoms with Crippen LogP contribution in [0.15, 0.2) is 30.3 Å². The zero-order valence-corrected chi connectivity index (χ0v) is 10.6. The van der Waals surface area contributed by atoms with Crippen LogP contribution in [0, 0.1) is 0 Å². The van der Waals surface area contributed by atoms with Crippen LogP contribution in [-0.4, -0.2) is 47.1 Å². The van der Waals surface area contributed by atoms with Crippen LogP contribution in [0.25, 0.3) is 0 Å².